The van der Waals surface area contributed by atoms with Gasteiger partial charge in [-0.1, -0.05) is 36.4 Å². The normalized spacial score (nSPS) is 16.7. The number of hydrogen-bond donors (Lipinski definition) is 0. The number of pyridine rings is 1. The Morgan fingerprint density at radius 2 is 1.96 bits per heavy atom. The summed E-state index contributed by atoms with van der Waals surface area (Å²) in [5, 5.41) is 4.49. The molecule has 1 aliphatic rings. The van der Waals surface area contributed by atoms with E-state index >= 15 is 0 Å². The maximum absolute atomic E-state index is 12.9. The molecule has 0 N–H and O–H groups in total. The molecular weight excluding hydrogens is 328 g/mol. The van der Waals surface area contributed by atoms with Crippen molar-refractivity contribution in [3.05, 3.63) is 66.5 Å². The van der Waals surface area contributed by atoms with Crippen molar-refractivity contribution in [1.29, 1.82) is 0 Å². The first kappa shape index (κ1) is 16.3. The van der Waals surface area contributed by atoms with E-state index in [-0.39, 0.29) is 12.0 Å². The molecule has 1 amide bonds. The Morgan fingerprint density at radius 3 is 2.73 bits per heavy atom. The number of ether oxygens (including phenoxy) is 1. The molecule has 1 fully saturated rings. The Labute approximate surface area is 152 Å². The molecule has 3 aromatic rings. The van der Waals surface area contributed by atoms with E-state index < -0.39 is 0 Å². The number of carbonyl (C=O) groups excluding carboxylic acids is 1. The Bertz CT molecular complexity index is 893. The lowest BCUT2D eigenvalue weighted by Gasteiger charge is -2.16. The van der Waals surface area contributed by atoms with Gasteiger partial charge in [-0.05, 0) is 12.1 Å². The Balaban J connectivity index is 1.46. The van der Waals surface area contributed by atoms with Crippen LogP contribution in [0.3, 0.4) is 0 Å². The molecule has 26 heavy (non-hydrogen) atoms. The molecule has 0 saturated carbocycles. The van der Waals surface area contributed by atoms with E-state index in [0.29, 0.717) is 24.7 Å². The minimum atomic E-state index is -0.0318. The summed E-state index contributed by atoms with van der Waals surface area (Å²) >= 11 is 0. The van der Waals surface area contributed by atoms with Crippen LogP contribution in [0, 0.1) is 0 Å². The average Bonchev–Trinajstić information content (AvgIpc) is 3.30. The second kappa shape index (κ2) is 7.00. The minimum absolute atomic E-state index is 0.0192. The molecule has 1 aliphatic heterocycles. The van der Waals surface area contributed by atoms with Gasteiger partial charge in [0, 0.05) is 37.8 Å². The summed E-state index contributed by atoms with van der Waals surface area (Å²) in [4.78, 5) is 18.9. The molecule has 1 unspecified atom stereocenters. The van der Waals surface area contributed by atoms with Gasteiger partial charge in [0.1, 0.15) is 11.8 Å². The highest BCUT2D eigenvalue weighted by Gasteiger charge is 2.30. The number of amides is 1. The van der Waals surface area contributed by atoms with Crippen LogP contribution in [-0.4, -0.2) is 44.8 Å². The third-order valence-electron chi connectivity index (χ3n) is 4.53. The van der Waals surface area contributed by atoms with Crippen LogP contribution in [0.1, 0.15) is 16.9 Å². The van der Waals surface area contributed by atoms with Gasteiger partial charge in [0.05, 0.1) is 12.2 Å². The van der Waals surface area contributed by atoms with E-state index in [1.807, 2.05) is 59.5 Å². The summed E-state index contributed by atoms with van der Waals surface area (Å²) in [5.41, 5.74) is 2.39. The summed E-state index contributed by atoms with van der Waals surface area (Å²) in [5.74, 6) is 0.577. The second-order valence-electron chi connectivity index (χ2n) is 6.35. The van der Waals surface area contributed by atoms with E-state index in [4.69, 9.17) is 4.74 Å². The first-order valence-electron chi connectivity index (χ1n) is 8.67. The molecule has 132 valence electrons. The standard InChI is InChI=1S/C20H20N4O2/c1-23-18(13-17(22-23)15-7-3-2-4-8-15)20(25)24-12-10-16(14-24)26-19-9-5-6-11-21-19/h2-9,11,13,16H,10,12,14H2,1H3. The highest BCUT2D eigenvalue weighted by Crippen LogP contribution is 2.22. The van der Waals surface area contributed by atoms with Crippen LogP contribution in [0.15, 0.2) is 60.8 Å². The molecule has 3 heterocycles. The van der Waals surface area contributed by atoms with E-state index in [1.165, 1.54) is 0 Å². The first-order chi connectivity index (χ1) is 12.7. The first-order valence-corrected chi connectivity index (χ1v) is 8.67. The third-order valence-corrected chi connectivity index (χ3v) is 4.53. The fourth-order valence-electron chi connectivity index (χ4n) is 3.18. The van der Waals surface area contributed by atoms with Gasteiger partial charge >= 0.3 is 0 Å². The molecule has 1 aromatic carbocycles. The average molecular weight is 348 g/mol. The molecule has 0 aliphatic carbocycles. The van der Waals surface area contributed by atoms with E-state index in [0.717, 1.165) is 17.7 Å². The van der Waals surface area contributed by atoms with Crippen molar-refractivity contribution in [2.75, 3.05) is 13.1 Å². The number of nitrogens with zero attached hydrogens (tertiary/aromatic N) is 4. The van der Waals surface area contributed by atoms with Crippen LogP contribution in [-0.2, 0) is 7.05 Å². The van der Waals surface area contributed by atoms with Crippen molar-refractivity contribution < 1.29 is 9.53 Å². The molecule has 1 saturated heterocycles. The van der Waals surface area contributed by atoms with E-state index in [9.17, 15) is 4.79 Å². The van der Waals surface area contributed by atoms with Crippen molar-refractivity contribution in [3.63, 3.8) is 0 Å². The van der Waals surface area contributed by atoms with Gasteiger partial charge < -0.3 is 9.64 Å². The summed E-state index contributed by atoms with van der Waals surface area (Å²) in [6.07, 6.45) is 2.47. The fourth-order valence-corrected chi connectivity index (χ4v) is 3.18. The van der Waals surface area contributed by atoms with Crippen LogP contribution >= 0.6 is 0 Å². The quantitative estimate of drug-likeness (QED) is 0.727. The van der Waals surface area contributed by atoms with Crippen molar-refractivity contribution in [3.8, 4) is 17.1 Å². The molecule has 4 rings (SSSR count). The van der Waals surface area contributed by atoms with Crippen molar-refractivity contribution in [1.82, 2.24) is 19.7 Å². The predicted molar refractivity (Wildman–Crippen MR) is 97.8 cm³/mol. The summed E-state index contributed by atoms with van der Waals surface area (Å²) in [7, 11) is 1.80. The van der Waals surface area contributed by atoms with Crippen molar-refractivity contribution >= 4 is 5.91 Å². The summed E-state index contributed by atoms with van der Waals surface area (Å²) in [6, 6.07) is 17.3. The van der Waals surface area contributed by atoms with Crippen LogP contribution < -0.4 is 4.74 Å². The lowest BCUT2D eigenvalue weighted by molar-refractivity contribution is 0.0760. The molecule has 0 bridgehead atoms. The van der Waals surface area contributed by atoms with Crippen LogP contribution in [0.5, 0.6) is 5.88 Å². The molecule has 6 nitrogen and oxygen atoms in total. The van der Waals surface area contributed by atoms with Gasteiger partial charge in [0.15, 0.2) is 0 Å². The van der Waals surface area contributed by atoms with E-state index in [1.54, 1.807) is 17.9 Å². The zero-order chi connectivity index (χ0) is 17.9. The predicted octanol–water partition coefficient (Wildman–Crippen LogP) is 2.78. The van der Waals surface area contributed by atoms with Crippen LogP contribution in [0.4, 0.5) is 0 Å². The van der Waals surface area contributed by atoms with E-state index in [2.05, 4.69) is 10.1 Å². The van der Waals surface area contributed by atoms with Gasteiger partial charge in [-0.3, -0.25) is 9.48 Å². The van der Waals surface area contributed by atoms with Crippen molar-refractivity contribution in [2.45, 2.75) is 12.5 Å². The van der Waals surface area contributed by atoms with Gasteiger partial charge in [0.25, 0.3) is 5.91 Å². The summed E-state index contributed by atoms with van der Waals surface area (Å²) < 4.78 is 7.52. The zero-order valence-electron chi connectivity index (χ0n) is 14.6. The number of benzene rings is 1. The lowest BCUT2D eigenvalue weighted by atomic mass is 10.1. The molecule has 1 atom stereocenters. The monoisotopic (exact) mass is 348 g/mol. The van der Waals surface area contributed by atoms with Gasteiger partial charge in [0.2, 0.25) is 5.88 Å². The van der Waals surface area contributed by atoms with Gasteiger partial charge in [-0.15, -0.1) is 0 Å². The fraction of sp³-hybridized carbons (Fsp3) is 0.250. The largest absolute Gasteiger partial charge is 0.472 e. The van der Waals surface area contributed by atoms with Crippen LogP contribution in [0.2, 0.25) is 0 Å². The molecular formula is C20H20N4O2. The minimum Gasteiger partial charge on any atom is -0.472 e. The zero-order valence-corrected chi connectivity index (χ0v) is 14.6. The summed E-state index contributed by atoms with van der Waals surface area (Å²) in [6.45, 7) is 1.23. The molecule has 2 aromatic heterocycles. The Morgan fingerprint density at radius 1 is 1.15 bits per heavy atom. The molecule has 0 radical (unpaired) electrons. The molecule has 6 heteroatoms. The lowest BCUT2D eigenvalue weighted by Crippen LogP contribution is -2.32. The maximum atomic E-state index is 12.9. The second-order valence-corrected chi connectivity index (χ2v) is 6.35. The number of carbonyl (C=O) groups is 1. The number of likely N-dealkylation sites (tertiary alicyclic amines) is 1. The highest BCUT2D eigenvalue weighted by atomic mass is 16.5. The number of aryl methyl sites for hydroxylation is 1. The SMILES string of the molecule is Cn1nc(-c2ccccc2)cc1C(=O)N1CCC(Oc2ccccn2)C1. The number of hydrogen-bond acceptors (Lipinski definition) is 4. The number of aromatic nitrogens is 3. The molecule has 0 spiro atoms. The highest BCUT2D eigenvalue weighted by molar-refractivity contribution is 5.94. The van der Waals surface area contributed by atoms with Gasteiger partial charge in [-0.2, -0.15) is 5.10 Å². The maximum Gasteiger partial charge on any atom is 0.272 e. The third kappa shape index (κ3) is 3.31. The van der Waals surface area contributed by atoms with Gasteiger partial charge in [-0.25, -0.2) is 4.98 Å². The topological polar surface area (TPSA) is 60.2 Å². The Hall–Kier alpha value is -3.15. The Kier molecular flexibility index (Phi) is 4.39. The van der Waals surface area contributed by atoms with Crippen molar-refractivity contribution in [2.24, 2.45) is 7.05 Å². The van der Waals surface area contributed by atoms with Crippen LogP contribution in [0.25, 0.3) is 11.3 Å². The smallest absolute Gasteiger partial charge is 0.272 e. The number of rotatable bonds is 4.